The third kappa shape index (κ3) is 5.95. The molecule has 2 aromatic rings. The molecule has 0 saturated carbocycles. The van der Waals surface area contributed by atoms with Crippen molar-refractivity contribution >= 4 is 17.6 Å². The summed E-state index contributed by atoms with van der Waals surface area (Å²) in [5.41, 5.74) is 8.27. The van der Waals surface area contributed by atoms with E-state index in [1.165, 1.54) is 5.56 Å². The Morgan fingerprint density at radius 1 is 1.16 bits per heavy atom. The van der Waals surface area contributed by atoms with Gasteiger partial charge in [0.15, 0.2) is 0 Å². The van der Waals surface area contributed by atoms with Gasteiger partial charge in [-0.15, -0.1) is 0 Å². The van der Waals surface area contributed by atoms with Gasteiger partial charge in [0.2, 0.25) is 11.8 Å². The highest BCUT2D eigenvalue weighted by Gasteiger charge is 2.34. The molecule has 7 heteroatoms. The molecule has 32 heavy (non-hydrogen) atoms. The zero-order valence-electron chi connectivity index (χ0n) is 18.8. The van der Waals surface area contributed by atoms with Crippen LogP contribution in [-0.2, 0) is 16.1 Å². The Morgan fingerprint density at radius 3 is 2.47 bits per heavy atom. The number of amidine groups is 1. The maximum absolute atomic E-state index is 13.1. The molecule has 1 saturated heterocycles. The van der Waals surface area contributed by atoms with Crippen LogP contribution < -0.4 is 16.4 Å². The number of piperidine rings is 1. The number of likely N-dealkylation sites (N-methyl/N-ethyl adjacent to an activating group) is 1. The van der Waals surface area contributed by atoms with E-state index in [1.807, 2.05) is 30.3 Å². The summed E-state index contributed by atoms with van der Waals surface area (Å²) in [6, 6.07) is 16.6. The van der Waals surface area contributed by atoms with Crippen molar-refractivity contribution in [3.63, 3.8) is 0 Å². The fraction of sp³-hybridized carbons (Fsp3) is 0.400. The minimum atomic E-state index is -0.630. The van der Waals surface area contributed by atoms with Gasteiger partial charge in [-0.2, -0.15) is 0 Å². The van der Waals surface area contributed by atoms with Crippen molar-refractivity contribution in [2.75, 3.05) is 13.1 Å². The maximum Gasteiger partial charge on any atom is 0.242 e. The summed E-state index contributed by atoms with van der Waals surface area (Å²) >= 11 is 0. The van der Waals surface area contributed by atoms with E-state index in [-0.39, 0.29) is 23.7 Å². The van der Waals surface area contributed by atoms with Crippen molar-refractivity contribution in [2.45, 2.75) is 51.2 Å². The van der Waals surface area contributed by atoms with E-state index >= 15 is 0 Å². The molecule has 1 aliphatic heterocycles. The summed E-state index contributed by atoms with van der Waals surface area (Å²) in [5.74, 6) is 0.0283. The fourth-order valence-electron chi connectivity index (χ4n) is 4.21. The van der Waals surface area contributed by atoms with Gasteiger partial charge in [0.05, 0.1) is 6.04 Å². The average molecular weight is 436 g/mol. The molecule has 0 aliphatic carbocycles. The number of likely N-dealkylation sites (tertiary alicyclic amines) is 1. The first-order valence-electron chi connectivity index (χ1n) is 11.2. The van der Waals surface area contributed by atoms with Crippen LogP contribution in [0, 0.1) is 5.41 Å². The number of rotatable bonds is 8. The molecule has 5 N–H and O–H groups in total. The molecule has 1 fully saturated rings. The normalized spacial score (nSPS) is 19.7. The highest BCUT2D eigenvalue weighted by atomic mass is 16.2. The van der Waals surface area contributed by atoms with Crippen LogP contribution in [0.4, 0.5) is 0 Å². The summed E-state index contributed by atoms with van der Waals surface area (Å²) in [6.07, 6.45) is 1.78. The molecule has 1 aliphatic rings. The summed E-state index contributed by atoms with van der Waals surface area (Å²) in [5, 5.41) is 13.2. The van der Waals surface area contributed by atoms with Crippen molar-refractivity contribution < 1.29 is 9.59 Å². The Morgan fingerprint density at radius 2 is 1.84 bits per heavy atom. The number of carbonyl (C=O) groups excluding carboxylic acids is 2. The monoisotopic (exact) mass is 435 g/mol. The van der Waals surface area contributed by atoms with Crippen LogP contribution in [0.2, 0.25) is 0 Å². The second-order valence-corrected chi connectivity index (χ2v) is 8.34. The van der Waals surface area contributed by atoms with Crippen molar-refractivity contribution in [1.29, 1.82) is 5.41 Å². The molecular formula is C25H33N5O2. The summed E-state index contributed by atoms with van der Waals surface area (Å²) in [4.78, 5) is 27.8. The zero-order valence-corrected chi connectivity index (χ0v) is 18.8. The van der Waals surface area contributed by atoms with Gasteiger partial charge in [0.1, 0.15) is 11.9 Å². The van der Waals surface area contributed by atoms with E-state index in [0.717, 1.165) is 31.5 Å². The molecule has 3 rings (SSSR count). The van der Waals surface area contributed by atoms with Crippen LogP contribution in [0.15, 0.2) is 54.6 Å². The van der Waals surface area contributed by atoms with Gasteiger partial charge >= 0.3 is 0 Å². The number of carbonyl (C=O) groups is 2. The van der Waals surface area contributed by atoms with Crippen LogP contribution in [0.5, 0.6) is 0 Å². The van der Waals surface area contributed by atoms with Crippen molar-refractivity contribution in [3.05, 3.63) is 71.3 Å². The van der Waals surface area contributed by atoms with Crippen LogP contribution in [0.25, 0.3) is 0 Å². The number of amides is 2. The molecule has 0 aromatic heterocycles. The number of hydrogen-bond donors (Lipinski definition) is 4. The first kappa shape index (κ1) is 23.5. The van der Waals surface area contributed by atoms with Gasteiger partial charge in [0.25, 0.3) is 0 Å². The van der Waals surface area contributed by atoms with Crippen molar-refractivity contribution in [3.8, 4) is 0 Å². The zero-order chi connectivity index (χ0) is 23.1. The SMILES string of the molecule is CCN1CC[C@H](c2ccccc2)C[C@@H]1C(=O)N[C@@H](C)C(=O)NCc1ccc(C(=N)N)cc1. The largest absolute Gasteiger partial charge is 0.384 e. The topological polar surface area (TPSA) is 111 Å². The molecule has 0 bridgehead atoms. The Bertz CT molecular complexity index is 929. The predicted molar refractivity (Wildman–Crippen MR) is 126 cm³/mol. The lowest BCUT2D eigenvalue weighted by Gasteiger charge is -2.38. The smallest absolute Gasteiger partial charge is 0.242 e. The second-order valence-electron chi connectivity index (χ2n) is 8.34. The van der Waals surface area contributed by atoms with Crippen LogP contribution >= 0.6 is 0 Å². The lowest BCUT2D eigenvalue weighted by atomic mass is 9.85. The molecular weight excluding hydrogens is 402 g/mol. The standard InChI is InChI=1S/C25H33N5O2/c1-3-30-14-13-21(19-7-5-4-6-8-19)15-22(30)25(32)29-17(2)24(31)28-16-18-9-11-20(12-10-18)23(26)27/h4-12,17,21-22H,3,13-16H2,1-2H3,(H3,26,27)(H,28,31)(H,29,32)/t17-,21-,22+/m0/s1. The quantitative estimate of drug-likeness (QED) is 0.377. The van der Waals surface area contributed by atoms with Crippen LogP contribution in [0.1, 0.15) is 49.3 Å². The van der Waals surface area contributed by atoms with E-state index in [9.17, 15) is 9.59 Å². The van der Waals surface area contributed by atoms with E-state index < -0.39 is 6.04 Å². The predicted octanol–water partition coefficient (Wildman–Crippen LogP) is 2.36. The number of nitrogens with one attached hydrogen (secondary N) is 3. The number of nitrogen functional groups attached to an aromatic ring is 1. The number of hydrogen-bond acceptors (Lipinski definition) is 4. The van der Waals surface area contributed by atoms with Gasteiger partial charge in [0, 0.05) is 12.1 Å². The molecule has 0 spiro atoms. The van der Waals surface area contributed by atoms with Gasteiger partial charge in [-0.3, -0.25) is 19.9 Å². The highest BCUT2D eigenvalue weighted by Crippen LogP contribution is 2.31. The van der Waals surface area contributed by atoms with Gasteiger partial charge in [-0.1, -0.05) is 61.5 Å². The van der Waals surface area contributed by atoms with Gasteiger partial charge in [-0.25, -0.2) is 0 Å². The minimum absolute atomic E-state index is 0.00950. The van der Waals surface area contributed by atoms with E-state index in [1.54, 1.807) is 19.1 Å². The maximum atomic E-state index is 13.1. The molecule has 0 radical (unpaired) electrons. The molecule has 170 valence electrons. The van der Waals surface area contributed by atoms with Crippen LogP contribution in [0.3, 0.4) is 0 Å². The lowest BCUT2D eigenvalue weighted by molar-refractivity contribution is -0.132. The van der Waals surface area contributed by atoms with E-state index in [2.05, 4.69) is 34.6 Å². The molecule has 2 aromatic carbocycles. The average Bonchev–Trinajstić information content (AvgIpc) is 2.82. The third-order valence-corrected chi connectivity index (χ3v) is 6.18. The Labute approximate surface area is 189 Å². The molecule has 0 unspecified atom stereocenters. The summed E-state index contributed by atoms with van der Waals surface area (Å²) in [7, 11) is 0. The van der Waals surface area contributed by atoms with Crippen molar-refractivity contribution in [1.82, 2.24) is 15.5 Å². The Hall–Kier alpha value is -3.19. The molecule has 2 amide bonds. The molecule has 7 nitrogen and oxygen atoms in total. The number of nitrogens with two attached hydrogens (primary N) is 1. The third-order valence-electron chi connectivity index (χ3n) is 6.18. The number of benzene rings is 2. The fourth-order valence-corrected chi connectivity index (χ4v) is 4.21. The molecule has 1 heterocycles. The molecule has 3 atom stereocenters. The van der Waals surface area contributed by atoms with E-state index in [0.29, 0.717) is 18.0 Å². The first-order chi connectivity index (χ1) is 15.4. The van der Waals surface area contributed by atoms with Crippen LogP contribution in [-0.4, -0.2) is 47.7 Å². The Kier molecular flexibility index (Phi) is 8.00. The van der Waals surface area contributed by atoms with Gasteiger partial charge in [-0.05, 0) is 49.9 Å². The summed E-state index contributed by atoms with van der Waals surface area (Å²) in [6.45, 7) is 5.79. The lowest BCUT2D eigenvalue weighted by Crippen LogP contribution is -2.54. The van der Waals surface area contributed by atoms with Gasteiger partial charge < -0.3 is 16.4 Å². The second kappa shape index (κ2) is 10.9. The Balaban J connectivity index is 1.55. The minimum Gasteiger partial charge on any atom is -0.384 e. The number of nitrogens with zero attached hydrogens (tertiary/aromatic N) is 1. The highest BCUT2D eigenvalue weighted by molar-refractivity contribution is 5.95. The van der Waals surface area contributed by atoms with E-state index in [4.69, 9.17) is 11.1 Å². The van der Waals surface area contributed by atoms with Crippen molar-refractivity contribution in [2.24, 2.45) is 5.73 Å². The first-order valence-corrected chi connectivity index (χ1v) is 11.2. The summed E-state index contributed by atoms with van der Waals surface area (Å²) < 4.78 is 0.